The van der Waals surface area contributed by atoms with Crippen molar-refractivity contribution in [3.05, 3.63) is 29.6 Å². The zero-order valence-electron chi connectivity index (χ0n) is 8.96. The first-order valence-electron chi connectivity index (χ1n) is 5.41. The summed E-state index contributed by atoms with van der Waals surface area (Å²) in [5, 5.41) is 3.42. The van der Waals surface area contributed by atoms with Gasteiger partial charge < -0.3 is 5.32 Å². The predicted molar refractivity (Wildman–Crippen MR) is 58.1 cm³/mol. The molecule has 76 valence electrons. The van der Waals surface area contributed by atoms with Crippen LogP contribution < -0.4 is 5.32 Å². The lowest BCUT2D eigenvalue weighted by molar-refractivity contribution is 0.238. The molecule has 1 unspecified atom stereocenters. The quantitative estimate of drug-likeness (QED) is 0.792. The Hall–Kier alpha value is -0.890. The van der Waals surface area contributed by atoms with E-state index in [1.165, 1.54) is 30.5 Å². The van der Waals surface area contributed by atoms with Crippen LogP contribution in [0, 0.1) is 12.8 Å². The fourth-order valence-electron chi connectivity index (χ4n) is 2.24. The van der Waals surface area contributed by atoms with Gasteiger partial charge in [0.2, 0.25) is 0 Å². The van der Waals surface area contributed by atoms with Crippen LogP contribution in [0.15, 0.2) is 18.3 Å². The van der Waals surface area contributed by atoms with Crippen LogP contribution in [0.5, 0.6) is 0 Å². The Morgan fingerprint density at radius 3 is 2.79 bits per heavy atom. The topological polar surface area (TPSA) is 24.9 Å². The highest BCUT2D eigenvalue weighted by Crippen LogP contribution is 2.37. The Morgan fingerprint density at radius 1 is 1.50 bits per heavy atom. The molecule has 1 saturated carbocycles. The fourth-order valence-corrected chi connectivity index (χ4v) is 2.24. The summed E-state index contributed by atoms with van der Waals surface area (Å²) in [6.45, 7) is 2.10. The first-order chi connectivity index (χ1) is 6.83. The Kier molecular flexibility index (Phi) is 2.82. The molecular weight excluding hydrogens is 172 g/mol. The average molecular weight is 190 g/mol. The highest BCUT2D eigenvalue weighted by molar-refractivity contribution is 5.23. The summed E-state index contributed by atoms with van der Waals surface area (Å²) in [6.07, 6.45) is 5.98. The molecule has 1 fully saturated rings. The van der Waals surface area contributed by atoms with E-state index in [-0.39, 0.29) is 0 Å². The van der Waals surface area contributed by atoms with Crippen LogP contribution in [0.4, 0.5) is 0 Å². The van der Waals surface area contributed by atoms with E-state index in [0.29, 0.717) is 6.04 Å². The molecule has 0 radical (unpaired) electrons. The third-order valence-corrected chi connectivity index (χ3v) is 3.32. The molecular formula is C12H18N2. The van der Waals surface area contributed by atoms with Crippen LogP contribution in [-0.2, 0) is 0 Å². The molecule has 0 spiro atoms. The van der Waals surface area contributed by atoms with Gasteiger partial charge in [-0.05, 0) is 44.4 Å². The lowest BCUT2D eigenvalue weighted by Crippen LogP contribution is -2.30. The summed E-state index contributed by atoms with van der Waals surface area (Å²) >= 11 is 0. The molecule has 0 aliphatic heterocycles. The largest absolute Gasteiger partial charge is 0.313 e. The Morgan fingerprint density at radius 2 is 2.29 bits per heavy atom. The predicted octanol–water partition coefficient (Wildman–Crippen LogP) is 2.45. The lowest BCUT2D eigenvalue weighted by Gasteiger charge is -2.34. The lowest BCUT2D eigenvalue weighted by atomic mass is 9.77. The average Bonchev–Trinajstić information content (AvgIpc) is 2.12. The third-order valence-electron chi connectivity index (χ3n) is 3.32. The van der Waals surface area contributed by atoms with Crippen LogP contribution in [0.25, 0.3) is 0 Å². The molecule has 0 amide bonds. The van der Waals surface area contributed by atoms with E-state index in [9.17, 15) is 0 Å². The molecule has 2 rings (SSSR count). The SMILES string of the molecule is CNC(c1cccnc1C)C1CCC1. The maximum atomic E-state index is 4.35. The fraction of sp³-hybridized carbons (Fsp3) is 0.583. The van der Waals surface area contributed by atoms with E-state index >= 15 is 0 Å². The van der Waals surface area contributed by atoms with Crippen molar-refractivity contribution in [3.63, 3.8) is 0 Å². The van der Waals surface area contributed by atoms with Crippen molar-refractivity contribution < 1.29 is 0 Å². The molecule has 2 heteroatoms. The zero-order valence-corrected chi connectivity index (χ0v) is 8.96. The number of hydrogen-bond donors (Lipinski definition) is 1. The Labute approximate surface area is 85.7 Å². The third kappa shape index (κ3) is 1.67. The molecule has 0 aromatic carbocycles. The molecule has 1 atom stereocenters. The van der Waals surface area contributed by atoms with Crippen molar-refractivity contribution in [2.75, 3.05) is 7.05 Å². The maximum Gasteiger partial charge on any atom is 0.0420 e. The van der Waals surface area contributed by atoms with Crippen molar-refractivity contribution in [3.8, 4) is 0 Å². The van der Waals surface area contributed by atoms with Gasteiger partial charge in [0, 0.05) is 17.9 Å². The highest BCUT2D eigenvalue weighted by atomic mass is 14.9. The number of pyridine rings is 1. The number of hydrogen-bond acceptors (Lipinski definition) is 2. The molecule has 2 nitrogen and oxygen atoms in total. The minimum atomic E-state index is 0.512. The van der Waals surface area contributed by atoms with Crippen molar-refractivity contribution in [2.24, 2.45) is 5.92 Å². The zero-order chi connectivity index (χ0) is 9.97. The standard InChI is InChI=1S/C12H18N2/c1-9-11(7-4-8-14-9)12(13-2)10-5-3-6-10/h4,7-8,10,12-13H,3,5-6H2,1-2H3. The maximum absolute atomic E-state index is 4.35. The number of nitrogens with one attached hydrogen (secondary N) is 1. The smallest absolute Gasteiger partial charge is 0.0420 e. The second-order valence-corrected chi connectivity index (χ2v) is 4.14. The monoisotopic (exact) mass is 190 g/mol. The second-order valence-electron chi connectivity index (χ2n) is 4.14. The summed E-state index contributed by atoms with van der Waals surface area (Å²) in [6, 6.07) is 4.74. The minimum Gasteiger partial charge on any atom is -0.313 e. The second kappa shape index (κ2) is 4.09. The Bertz CT molecular complexity index is 305. The number of rotatable bonds is 3. The molecule has 14 heavy (non-hydrogen) atoms. The molecule has 1 heterocycles. The van der Waals surface area contributed by atoms with Gasteiger partial charge >= 0.3 is 0 Å². The van der Waals surface area contributed by atoms with Gasteiger partial charge in [0.25, 0.3) is 0 Å². The molecule has 0 bridgehead atoms. The molecule has 1 aliphatic rings. The first-order valence-corrected chi connectivity index (χ1v) is 5.41. The van der Waals surface area contributed by atoms with E-state index in [1.807, 2.05) is 12.3 Å². The van der Waals surface area contributed by atoms with Crippen LogP contribution in [0.3, 0.4) is 0 Å². The summed E-state index contributed by atoms with van der Waals surface area (Å²) in [5.41, 5.74) is 2.54. The van der Waals surface area contributed by atoms with Gasteiger partial charge in [-0.15, -0.1) is 0 Å². The molecule has 1 N–H and O–H groups in total. The Balaban J connectivity index is 2.22. The number of aromatic nitrogens is 1. The molecule has 1 aromatic rings. The summed E-state index contributed by atoms with van der Waals surface area (Å²) in [7, 11) is 2.05. The van der Waals surface area contributed by atoms with Gasteiger partial charge in [0.15, 0.2) is 0 Å². The number of nitrogens with zero attached hydrogens (tertiary/aromatic N) is 1. The van der Waals surface area contributed by atoms with Gasteiger partial charge in [-0.3, -0.25) is 4.98 Å². The van der Waals surface area contributed by atoms with Gasteiger partial charge in [0.05, 0.1) is 0 Å². The van der Waals surface area contributed by atoms with Gasteiger partial charge in [-0.25, -0.2) is 0 Å². The summed E-state index contributed by atoms with van der Waals surface area (Å²) in [5.74, 6) is 0.822. The van der Waals surface area contributed by atoms with E-state index in [0.717, 1.165) is 5.92 Å². The van der Waals surface area contributed by atoms with E-state index in [1.54, 1.807) is 0 Å². The summed E-state index contributed by atoms with van der Waals surface area (Å²) in [4.78, 5) is 4.35. The van der Waals surface area contributed by atoms with Crippen LogP contribution in [0.1, 0.15) is 36.6 Å². The normalized spacial score (nSPS) is 19.0. The van der Waals surface area contributed by atoms with Gasteiger partial charge in [-0.2, -0.15) is 0 Å². The van der Waals surface area contributed by atoms with Crippen molar-refractivity contribution in [1.82, 2.24) is 10.3 Å². The van der Waals surface area contributed by atoms with Crippen molar-refractivity contribution in [1.29, 1.82) is 0 Å². The molecule has 0 saturated heterocycles. The van der Waals surface area contributed by atoms with Gasteiger partial charge in [0.1, 0.15) is 0 Å². The van der Waals surface area contributed by atoms with Crippen LogP contribution in [-0.4, -0.2) is 12.0 Å². The number of aryl methyl sites for hydroxylation is 1. The minimum absolute atomic E-state index is 0.512. The van der Waals surface area contributed by atoms with Crippen LogP contribution >= 0.6 is 0 Å². The summed E-state index contributed by atoms with van der Waals surface area (Å²) < 4.78 is 0. The van der Waals surface area contributed by atoms with E-state index in [4.69, 9.17) is 0 Å². The molecule has 1 aromatic heterocycles. The highest BCUT2D eigenvalue weighted by Gasteiger charge is 2.28. The van der Waals surface area contributed by atoms with Gasteiger partial charge in [-0.1, -0.05) is 12.5 Å². The first kappa shape index (κ1) is 9.66. The van der Waals surface area contributed by atoms with Crippen molar-refractivity contribution >= 4 is 0 Å². The van der Waals surface area contributed by atoms with Crippen LogP contribution in [0.2, 0.25) is 0 Å². The van der Waals surface area contributed by atoms with E-state index < -0.39 is 0 Å². The van der Waals surface area contributed by atoms with E-state index in [2.05, 4.69) is 30.3 Å². The molecule has 1 aliphatic carbocycles. The van der Waals surface area contributed by atoms with Crippen molar-refractivity contribution in [2.45, 2.75) is 32.2 Å².